The fraction of sp³-hybridized carbons (Fsp3) is 0.533. The molecule has 1 aromatic carbocycles. The lowest BCUT2D eigenvalue weighted by Crippen LogP contribution is -2.41. The molecule has 0 aliphatic carbocycles. The van der Waals surface area contributed by atoms with Gasteiger partial charge >= 0.3 is 0 Å². The smallest absolute Gasteiger partial charge is 0.260 e. The number of nitrogens with zero attached hydrogens (tertiary/aromatic N) is 1. The van der Waals surface area contributed by atoms with Gasteiger partial charge < -0.3 is 14.4 Å². The van der Waals surface area contributed by atoms with E-state index in [1.54, 1.807) is 7.11 Å². The van der Waals surface area contributed by atoms with Gasteiger partial charge in [0.25, 0.3) is 5.91 Å². The summed E-state index contributed by atoms with van der Waals surface area (Å²) in [7, 11) is 1.62. The zero-order valence-corrected chi connectivity index (χ0v) is 11.6. The number of piperidine rings is 1. The minimum Gasteiger partial charge on any atom is -0.497 e. The van der Waals surface area contributed by atoms with E-state index in [-0.39, 0.29) is 12.5 Å². The van der Waals surface area contributed by atoms with Crippen LogP contribution in [0.2, 0.25) is 0 Å². The molecule has 104 valence electrons. The summed E-state index contributed by atoms with van der Waals surface area (Å²) in [6.07, 6.45) is 2.30. The average Bonchev–Trinajstić information content (AvgIpc) is 2.45. The van der Waals surface area contributed by atoms with Crippen LogP contribution in [0.3, 0.4) is 0 Å². The molecule has 0 spiro atoms. The number of hydrogen-bond donors (Lipinski definition) is 0. The molecule has 1 aromatic rings. The molecule has 1 saturated heterocycles. The molecule has 0 aromatic heterocycles. The summed E-state index contributed by atoms with van der Waals surface area (Å²) in [5.41, 5.74) is 0. The van der Waals surface area contributed by atoms with Gasteiger partial charge in [-0.1, -0.05) is 6.92 Å². The molecule has 0 bridgehead atoms. The minimum absolute atomic E-state index is 0.0716. The van der Waals surface area contributed by atoms with Gasteiger partial charge in [-0.3, -0.25) is 4.79 Å². The van der Waals surface area contributed by atoms with Crippen molar-refractivity contribution in [1.29, 1.82) is 0 Å². The Kier molecular flexibility index (Phi) is 4.66. The Morgan fingerprint density at radius 2 is 2.00 bits per heavy atom. The monoisotopic (exact) mass is 263 g/mol. The van der Waals surface area contributed by atoms with Crippen LogP contribution in [-0.2, 0) is 4.79 Å². The molecule has 0 saturated carbocycles. The number of amides is 1. The maximum atomic E-state index is 12.0. The first-order valence-corrected chi connectivity index (χ1v) is 6.73. The molecule has 2 rings (SSSR count). The quantitative estimate of drug-likeness (QED) is 0.837. The number of hydrogen-bond acceptors (Lipinski definition) is 3. The number of carbonyl (C=O) groups excluding carboxylic acids is 1. The lowest BCUT2D eigenvalue weighted by molar-refractivity contribution is -0.135. The van der Waals surface area contributed by atoms with Crippen molar-refractivity contribution in [1.82, 2.24) is 4.90 Å². The highest BCUT2D eigenvalue weighted by Gasteiger charge is 2.20. The SMILES string of the molecule is COc1ccc(OCC(=O)N2CCC[C@@H](C)C2)cc1. The van der Waals surface area contributed by atoms with Crippen molar-refractivity contribution in [3.8, 4) is 11.5 Å². The number of ether oxygens (including phenoxy) is 2. The Balaban J connectivity index is 1.82. The van der Waals surface area contributed by atoms with Gasteiger partial charge in [-0.15, -0.1) is 0 Å². The van der Waals surface area contributed by atoms with E-state index in [4.69, 9.17) is 9.47 Å². The summed E-state index contributed by atoms with van der Waals surface area (Å²) >= 11 is 0. The lowest BCUT2D eigenvalue weighted by atomic mass is 10.0. The van der Waals surface area contributed by atoms with Crippen LogP contribution in [0.15, 0.2) is 24.3 Å². The van der Waals surface area contributed by atoms with Crippen LogP contribution in [0.5, 0.6) is 11.5 Å². The zero-order valence-electron chi connectivity index (χ0n) is 11.6. The van der Waals surface area contributed by atoms with E-state index >= 15 is 0 Å². The van der Waals surface area contributed by atoms with Crippen molar-refractivity contribution in [3.63, 3.8) is 0 Å². The van der Waals surface area contributed by atoms with Crippen LogP contribution in [0, 0.1) is 5.92 Å². The molecule has 1 amide bonds. The fourth-order valence-corrected chi connectivity index (χ4v) is 2.32. The number of benzene rings is 1. The second-order valence-corrected chi connectivity index (χ2v) is 5.05. The average molecular weight is 263 g/mol. The van der Waals surface area contributed by atoms with E-state index in [1.165, 1.54) is 6.42 Å². The van der Waals surface area contributed by atoms with Crippen molar-refractivity contribution < 1.29 is 14.3 Å². The van der Waals surface area contributed by atoms with Crippen molar-refractivity contribution in [2.24, 2.45) is 5.92 Å². The molecule has 1 fully saturated rings. The summed E-state index contributed by atoms with van der Waals surface area (Å²) in [6, 6.07) is 7.27. The molecule has 0 unspecified atom stereocenters. The number of methoxy groups -OCH3 is 1. The van der Waals surface area contributed by atoms with Gasteiger partial charge in [-0.05, 0) is 43.0 Å². The first-order chi connectivity index (χ1) is 9.19. The first kappa shape index (κ1) is 13.7. The van der Waals surface area contributed by atoms with Crippen LogP contribution in [0.4, 0.5) is 0 Å². The molecule has 0 N–H and O–H groups in total. The van der Waals surface area contributed by atoms with Crippen LogP contribution < -0.4 is 9.47 Å². The van der Waals surface area contributed by atoms with E-state index in [0.29, 0.717) is 11.7 Å². The molecule has 4 heteroatoms. The second kappa shape index (κ2) is 6.45. The van der Waals surface area contributed by atoms with Gasteiger partial charge in [0, 0.05) is 13.1 Å². The standard InChI is InChI=1S/C15H21NO3/c1-12-4-3-9-16(10-12)15(17)11-19-14-7-5-13(18-2)6-8-14/h5-8,12H,3-4,9-11H2,1-2H3/t12-/m1/s1. The molecule has 19 heavy (non-hydrogen) atoms. The Labute approximate surface area is 114 Å². The highest BCUT2D eigenvalue weighted by atomic mass is 16.5. The summed E-state index contributed by atoms with van der Waals surface area (Å²) in [5, 5.41) is 0. The second-order valence-electron chi connectivity index (χ2n) is 5.05. The van der Waals surface area contributed by atoms with Gasteiger partial charge in [0.05, 0.1) is 7.11 Å². The zero-order chi connectivity index (χ0) is 13.7. The third kappa shape index (κ3) is 3.88. The van der Waals surface area contributed by atoms with Crippen molar-refractivity contribution in [2.45, 2.75) is 19.8 Å². The first-order valence-electron chi connectivity index (χ1n) is 6.73. The number of likely N-dealkylation sites (tertiary alicyclic amines) is 1. The summed E-state index contributed by atoms with van der Waals surface area (Å²) in [5.74, 6) is 2.14. The molecule has 1 aliphatic rings. The van der Waals surface area contributed by atoms with Gasteiger partial charge in [0.1, 0.15) is 11.5 Å². The van der Waals surface area contributed by atoms with Crippen molar-refractivity contribution in [3.05, 3.63) is 24.3 Å². The molecular weight excluding hydrogens is 242 g/mol. The largest absolute Gasteiger partial charge is 0.497 e. The predicted octanol–water partition coefficient (Wildman–Crippen LogP) is 2.33. The third-order valence-corrected chi connectivity index (χ3v) is 3.43. The molecule has 1 heterocycles. The highest BCUT2D eigenvalue weighted by Crippen LogP contribution is 2.18. The molecule has 0 radical (unpaired) electrons. The van der Waals surface area contributed by atoms with Crippen LogP contribution in [0.1, 0.15) is 19.8 Å². The van der Waals surface area contributed by atoms with Crippen molar-refractivity contribution >= 4 is 5.91 Å². The van der Waals surface area contributed by atoms with Crippen LogP contribution in [-0.4, -0.2) is 37.6 Å². The maximum Gasteiger partial charge on any atom is 0.260 e. The van der Waals surface area contributed by atoms with Crippen LogP contribution >= 0.6 is 0 Å². The normalized spacial score (nSPS) is 19.1. The van der Waals surface area contributed by atoms with E-state index in [2.05, 4.69) is 6.92 Å². The highest BCUT2D eigenvalue weighted by molar-refractivity contribution is 5.77. The molecule has 4 nitrogen and oxygen atoms in total. The minimum atomic E-state index is 0.0716. The Morgan fingerprint density at radius 3 is 2.63 bits per heavy atom. The van der Waals surface area contributed by atoms with E-state index in [9.17, 15) is 4.79 Å². The number of carbonyl (C=O) groups is 1. The summed E-state index contributed by atoms with van der Waals surface area (Å²) in [6.45, 7) is 4.00. The summed E-state index contributed by atoms with van der Waals surface area (Å²) < 4.78 is 10.6. The maximum absolute atomic E-state index is 12.0. The lowest BCUT2D eigenvalue weighted by Gasteiger charge is -2.30. The molecular formula is C15H21NO3. The van der Waals surface area contributed by atoms with Gasteiger partial charge in [0.15, 0.2) is 6.61 Å². The number of rotatable bonds is 4. The Morgan fingerprint density at radius 1 is 1.32 bits per heavy atom. The third-order valence-electron chi connectivity index (χ3n) is 3.43. The van der Waals surface area contributed by atoms with E-state index < -0.39 is 0 Å². The summed E-state index contributed by atoms with van der Waals surface area (Å²) in [4.78, 5) is 13.9. The van der Waals surface area contributed by atoms with Gasteiger partial charge in [-0.2, -0.15) is 0 Å². The van der Waals surface area contributed by atoms with Crippen LogP contribution in [0.25, 0.3) is 0 Å². The molecule has 1 atom stereocenters. The van der Waals surface area contributed by atoms with Gasteiger partial charge in [0.2, 0.25) is 0 Å². The fourth-order valence-electron chi connectivity index (χ4n) is 2.32. The molecule has 1 aliphatic heterocycles. The Hall–Kier alpha value is -1.71. The Bertz CT molecular complexity index is 416. The van der Waals surface area contributed by atoms with E-state index in [0.717, 1.165) is 25.3 Å². The van der Waals surface area contributed by atoms with Crippen molar-refractivity contribution in [2.75, 3.05) is 26.8 Å². The van der Waals surface area contributed by atoms with E-state index in [1.807, 2.05) is 29.2 Å². The van der Waals surface area contributed by atoms with Gasteiger partial charge in [-0.25, -0.2) is 0 Å². The topological polar surface area (TPSA) is 38.8 Å². The predicted molar refractivity (Wildman–Crippen MR) is 73.5 cm³/mol.